The molecule has 0 aliphatic carbocycles. The van der Waals surface area contributed by atoms with Gasteiger partial charge in [0.25, 0.3) is 0 Å². The summed E-state index contributed by atoms with van der Waals surface area (Å²) in [7, 11) is 0. The third-order valence-electron chi connectivity index (χ3n) is 1.45. The van der Waals surface area contributed by atoms with E-state index in [1.54, 1.807) is 12.5 Å². The van der Waals surface area contributed by atoms with Crippen molar-refractivity contribution in [1.82, 2.24) is 0 Å². The summed E-state index contributed by atoms with van der Waals surface area (Å²) in [6, 6.07) is 1.82. The van der Waals surface area contributed by atoms with Gasteiger partial charge in [-0.2, -0.15) is 0 Å². The Morgan fingerprint density at radius 1 is 1.73 bits per heavy atom. The van der Waals surface area contributed by atoms with E-state index in [0.29, 0.717) is 0 Å². The molecule has 0 atom stereocenters. The highest BCUT2D eigenvalue weighted by Crippen LogP contribution is 2.07. The molecule has 1 rings (SSSR count). The molecular weight excluding hydrogens is 140 g/mol. The second-order valence-electron chi connectivity index (χ2n) is 2.25. The molecule has 1 heterocycles. The molecular formula is C9H10O2. The molecule has 2 heteroatoms. The highest BCUT2D eigenvalue weighted by Gasteiger charge is 1.92. The summed E-state index contributed by atoms with van der Waals surface area (Å²) in [4.78, 5) is 10.4. The average molecular weight is 150 g/mol. The molecule has 0 spiro atoms. The van der Waals surface area contributed by atoms with Crippen molar-refractivity contribution in [3.63, 3.8) is 0 Å². The SMILES string of the molecule is CCC(C=O)=Cc1ccoc1. The van der Waals surface area contributed by atoms with Crippen LogP contribution in [0.1, 0.15) is 18.9 Å². The largest absolute Gasteiger partial charge is 0.472 e. The van der Waals surface area contributed by atoms with Crippen molar-refractivity contribution < 1.29 is 9.21 Å². The number of hydrogen-bond acceptors (Lipinski definition) is 2. The zero-order chi connectivity index (χ0) is 8.10. The second-order valence-corrected chi connectivity index (χ2v) is 2.25. The lowest BCUT2D eigenvalue weighted by molar-refractivity contribution is -0.104. The fraction of sp³-hybridized carbons (Fsp3) is 0.222. The molecule has 11 heavy (non-hydrogen) atoms. The molecule has 0 saturated carbocycles. The zero-order valence-electron chi connectivity index (χ0n) is 6.41. The smallest absolute Gasteiger partial charge is 0.146 e. The predicted molar refractivity (Wildman–Crippen MR) is 43.0 cm³/mol. The van der Waals surface area contributed by atoms with Crippen LogP contribution in [0.2, 0.25) is 0 Å². The maximum Gasteiger partial charge on any atom is 0.146 e. The third-order valence-corrected chi connectivity index (χ3v) is 1.45. The highest BCUT2D eigenvalue weighted by molar-refractivity contribution is 5.81. The Morgan fingerprint density at radius 3 is 3.00 bits per heavy atom. The maximum absolute atomic E-state index is 10.4. The first-order valence-electron chi connectivity index (χ1n) is 3.54. The van der Waals surface area contributed by atoms with Gasteiger partial charge in [0.2, 0.25) is 0 Å². The predicted octanol–water partition coefficient (Wildman–Crippen LogP) is 2.27. The highest BCUT2D eigenvalue weighted by atomic mass is 16.3. The van der Waals surface area contributed by atoms with E-state index in [1.165, 1.54) is 0 Å². The summed E-state index contributed by atoms with van der Waals surface area (Å²) in [6.45, 7) is 1.94. The van der Waals surface area contributed by atoms with Crippen LogP contribution >= 0.6 is 0 Å². The first-order chi connectivity index (χ1) is 5.36. The minimum atomic E-state index is 0.759. The Balaban J connectivity index is 2.79. The van der Waals surface area contributed by atoms with E-state index in [-0.39, 0.29) is 0 Å². The number of carbonyl (C=O) groups excluding carboxylic acids is 1. The second kappa shape index (κ2) is 3.76. The lowest BCUT2D eigenvalue weighted by Crippen LogP contribution is -1.79. The summed E-state index contributed by atoms with van der Waals surface area (Å²) >= 11 is 0. The van der Waals surface area contributed by atoms with Gasteiger partial charge in [0.1, 0.15) is 6.29 Å². The van der Waals surface area contributed by atoms with Crippen LogP contribution in [0.15, 0.2) is 28.6 Å². The molecule has 0 bridgehead atoms. The molecule has 1 aromatic rings. The van der Waals surface area contributed by atoms with Crippen LogP contribution in [0.25, 0.3) is 6.08 Å². The number of rotatable bonds is 3. The molecule has 0 fully saturated rings. The molecule has 1 aromatic heterocycles. The zero-order valence-corrected chi connectivity index (χ0v) is 6.41. The number of allylic oxidation sites excluding steroid dienone is 1. The van der Waals surface area contributed by atoms with E-state index >= 15 is 0 Å². The van der Waals surface area contributed by atoms with E-state index in [0.717, 1.165) is 23.8 Å². The van der Waals surface area contributed by atoms with Gasteiger partial charge in [0, 0.05) is 5.56 Å². The van der Waals surface area contributed by atoms with Crippen molar-refractivity contribution in [3.05, 3.63) is 29.7 Å². The topological polar surface area (TPSA) is 30.2 Å². The fourth-order valence-electron chi connectivity index (χ4n) is 0.791. The summed E-state index contributed by atoms with van der Waals surface area (Å²) in [5.74, 6) is 0. The van der Waals surface area contributed by atoms with Crippen molar-refractivity contribution in [2.45, 2.75) is 13.3 Å². The van der Waals surface area contributed by atoms with Crippen molar-refractivity contribution in [1.29, 1.82) is 0 Å². The van der Waals surface area contributed by atoms with E-state index in [4.69, 9.17) is 4.42 Å². The van der Waals surface area contributed by atoms with Crippen molar-refractivity contribution >= 4 is 12.4 Å². The quantitative estimate of drug-likeness (QED) is 0.488. The molecule has 0 aliphatic rings. The molecule has 0 radical (unpaired) electrons. The normalized spacial score (nSPS) is 11.5. The van der Waals surface area contributed by atoms with E-state index in [9.17, 15) is 4.79 Å². The Hall–Kier alpha value is -1.31. The number of aldehydes is 1. The van der Waals surface area contributed by atoms with Crippen molar-refractivity contribution in [2.24, 2.45) is 0 Å². The molecule has 58 valence electrons. The van der Waals surface area contributed by atoms with E-state index < -0.39 is 0 Å². The monoisotopic (exact) mass is 150 g/mol. The molecule has 0 aromatic carbocycles. The third kappa shape index (κ3) is 2.08. The van der Waals surface area contributed by atoms with Gasteiger partial charge >= 0.3 is 0 Å². The van der Waals surface area contributed by atoms with Gasteiger partial charge in [-0.3, -0.25) is 4.79 Å². The van der Waals surface area contributed by atoms with Crippen LogP contribution in [0.3, 0.4) is 0 Å². The lowest BCUT2D eigenvalue weighted by atomic mass is 10.1. The van der Waals surface area contributed by atoms with E-state index in [2.05, 4.69) is 0 Å². The van der Waals surface area contributed by atoms with Gasteiger partial charge in [-0.25, -0.2) is 0 Å². The van der Waals surface area contributed by atoms with E-state index in [1.807, 2.05) is 19.1 Å². The minimum Gasteiger partial charge on any atom is -0.472 e. The first-order valence-corrected chi connectivity index (χ1v) is 3.54. The fourth-order valence-corrected chi connectivity index (χ4v) is 0.791. The van der Waals surface area contributed by atoms with Gasteiger partial charge in [-0.1, -0.05) is 6.92 Å². The van der Waals surface area contributed by atoms with Crippen LogP contribution in [0.4, 0.5) is 0 Å². The van der Waals surface area contributed by atoms with Crippen molar-refractivity contribution in [2.75, 3.05) is 0 Å². The van der Waals surface area contributed by atoms with Gasteiger partial charge in [0.15, 0.2) is 0 Å². The minimum absolute atomic E-state index is 0.759. The molecule has 0 aliphatic heterocycles. The van der Waals surface area contributed by atoms with Gasteiger partial charge in [-0.05, 0) is 24.1 Å². The number of carbonyl (C=O) groups is 1. The Kier molecular flexibility index (Phi) is 2.66. The van der Waals surface area contributed by atoms with Crippen LogP contribution < -0.4 is 0 Å². The Bertz CT molecular complexity index is 245. The van der Waals surface area contributed by atoms with Gasteiger partial charge in [-0.15, -0.1) is 0 Å². The summed E-state index contributed by atoms with van der Waals surface area (Å²) in [6.07, 6.45) is 6.64. The molecule has 0 saturated heterocycles. The van der Waals surface area contributed by atoms with Crippen LogP contribution in [0, 0.1) is 0 Å². The summed E-state index contributed by atoms with van der Waals surface area (Å²) in [5, 5.41) is 0. The number of hydrogen-bond donors (Lipinski definition) is 0. The first kappa shape index (κ1) is 7.79. The van der Waals surface area contributed by atoms with Gasteiger partial charge < -0.3 is 4.42 Å². The average Bonchev–Trinajstić information content (AvgIpc) is 2.52. The molecule has 0 amide bonds. The van der Waals surface area contributed by atoms with Gasteiger partial charge in [0.05, 0.1) is 12.5 Å². The van der Waals surface area contributed by atoms with Crippen molar-refractivity contribution in [3.8, 4) is 0 Å². The standard InChI is InChI=1S/C9H10O2/c1-2-8(6-10)5-9-3-4-11-7-9/h3-7H,2H2,1H3. The maximum atomic E-state index is 10.4. The number of furan rings is 1. The van der Waals surface area contributed by atoms with Crippen LogP contribution in [-0.2, 0) is 4.79 Å². The summed E-state index contributed by atoms with van der Waals surface area (Å²) < 4.78 is 4.84. The van der Waals surface area contributed by atoms with Crippen LogP contribution in [0.5, 0.6) is 0 Å². The molecule has 0 N–H and O–H groups in total. The molecule has 0 unspecified atom stereocenters. The molecule has 2 nitrogen and oxygen atoms in total. The Labute approximate surface area is 65.5 Å². The lowest BCUT2D eigenvalue weighted by Gasteiger charge is -1.89. The summed E-state index contributed by atoms with van der Waals surface area (Å²) in [5.41, 5.74) is 1.72. The Morgan fingerprint density at radius 2 is 2.55 bits per heavy atom. The van der Waals surface area contributed by atoms with Crippen LogP contribution in [-0.4, -0.2) is 6.29 Å².